The van der Waals surface area contributed by atoms with E-state index >= 15 is 0 Å². The summed E-state index contributed by atoms with van der Waals surface area (Å²) in [6.07, 6.45) is 4.85. The van der Waals surface area contributed by atoms with Gasteiger partial charge in [-0.05, 0) is 23.2 Å². The van der Waals surface area contributed by atoms with Gasteiger partial charge >= 0.3 is 5.82 Å². The Bertz CT molecular complexity index is 421. The lowest BCUT2D eigenvalue weighted by molar-refractivity contribution is -0.393. The van der Waals surface area contributed by atoms with Gasteiger partial charge in [-0.1, -0.05) is 40.5 Å². The Morgan fingerprint density at radius 3 is 2.47 bits per heavy atom. The van der Waals surface area contributed by atoms with Gasteiger partial charge in [0, 0.05) is 11.6 Å². The van der Waals surface area contributed by atoms with E-state index in [4.69, 9.17) is 0 Å². The molecule has 0 saturated carbocycles. The Morgan fingerprint density at radius 2 is 1.95 bits per heavy atom. The summed E-state index contributed by atoms with van der Waals surface area (Å²) in [4.78, 5) is 10.8. The molecule has 0 aliphatic heterocycles. The molecule has 0 spiro atoms. The Morgan fingerprint density at radius 1 is 1.26 bits per heavy atom. The normalized spacial score (nSPS) is 11.8. The third kappa shape index (κ3) is 4.96. The summed E-state index contributed by atoms with van der Waals surface area (Å²) in [6, 6.07) is 0. The van der Waals surface area contributed by atoms with Crippen molar-refractivity contribution in [3.8, 4) is 0 Å². The van der Waals surface area contributed by atoms with Gasteiger partial charge in [-0.25, -0.2) is 0 Å². The van der Waals surface area contributed by atoms with Crippen molar-refractivity contribution < 1.29 is 4.92 Å². The Hall–Kier alpha value is -1.46. The fourth-order valence-electron chi connectivity index (χ4n) is 2.00. The maximum Gasteiger partial charge on any atom is 0.368 e. The smallest absolute Gasteiger partial charge is 0.358 e. The van der Waals surface area contributed by atoms with Crippen molar-refractivity contribution in [1.29, 1.82) is 0 Å². The second kappa shape index (κ2) is 6.63. The summed E-state index contributed by atoms with van der Waals surface area (Å²) in [5.41, 5.74) is 0.460. The first-order valence-corrected chi connectivity index (χ1v) is 6.92. The zero-order valence-electron chi connectivity index (χ0n) is 12.3. The largest absolute Gasteiger partial charge is 0.368 e. The number of aryl methyl sites for hydroxylation is 1. The molecule has 1 aromatic rings. The summed E-state index contributed by atoms with van der Waals surface area (Å²) in [6.45, 7) is 8.83. The first kappa shape index (κ1) is 15.6. The molecule has 0 amide bonds. The lowest BCUT2D eigenvalue weighted by Gasteiger charge is -2.15. The Balaban J connectivity index is 2.79. The van der Waals surface area contributed by atoms with Gasteiger partial charge in [0.1, 0.15) is 6.54 Å². The molecule has 0 aliphatic rings. The SMILES string of the molecule is CCCCCCn1nnc(CC(C)(C)C)c1[N+](=O)[O-]. The van der Waals surface area contributed by atoms with Gasteiger partial charge in [-0.3, -0.25) is 0 Å². The fourth-order valence-corrected chi connectivity index (χ4v) is 2.00. The molecule has 108 valence electrons. The zero-order chi connectivity index (χ0) is 14.5. The highest BCUT2D eigenvalue weighted by Crippen LogP contribution is 2.25. The molecule has 0 bridgehead atoms. The fraction of sp³-hybridized carbons (Fsp3) is 0.846. The molecule has 0 atom stereocenters. The zero-order valence-corrected chi connectivity index (χ0v) is 12.3. The van der Waals surface area contributed by atoms with Gasteiger partial charge in [0.15, 0.2) is 5.69 Å². The van der Waals surface area contributed by atoms with Gasteiger partial charge in [0.05, 0.1) is 0 Å². The predicted octanol–water partition coefficient (Wildman–Crippen LogP) is 3.36. The summed E-state index contributed by atoms with van der Waals surface area (Å²) in [7, 11) is 0. The van der Waals surface area contributed by atoms with Crippen LogP contribution in [0.4, 0.5) is 5.82 Å². The molecule has 0 aromatic carbocycles. The van der Waals surface area contributed by atoms with E-state index < -0.39 is 0 Å². The van der Waals surface area contributed by atoms with Crippen molar-refractivity contribution in [2.45, 2.75) is 66.3 Å². The number of aromatic nitrogens is 3. The number of nitro groups is 1. The van der Waals surface area contributed by atoms with E-state index in [2.05, 4.69) is 17.2 Å². The Labute approximate surface area is 114 Å². The molecule has 0 saturated heterocycles. The molecule has 1 aromatic heterocycles. The minimum atomic E-state index is -0.360. The molecule has 0 aliphatic carbocycles. The quantitative estimate of drug-likeness (QED) is 0.432. The van der Waals surface area contributed by atoms with Crippen LogP contribution in [0.1, 0.15) is 59.1 Å². The molecular weight excluding hydrogens is 244 g/mol. The van der Waals surface area contributed by atoms with E-state index in [1.54, 1.807) is 0 Å². The van der Waals surface area contributed by atoms with Crippen molar-refractivity contribution in [3.63, 3.8) is 0 Å². The van der Waals surface area contributed by atoms with Crippen LogP contribution < -0.4 is 0 Å². The lowest BCUT2D eigenvalue weighted by Crippen LogP contribution is -2.12. The monoisotopic (exact) mass is 268 g/mol. The minimum absolute atomic E-state index is 0.0339. The van der Waals surface area contributed by atoms with Crippen molar-refractivity contribution >= 4 is 5.82 Å². The standard InChI is InChI=1S/C13H24N4O2/c1-5-6-7-8-9-16-12(17(18)19)11(14-15-16)10-13(2,3)4/h5-10H2,1-4H3. The van der Waals surface area contributed by atoms with Crippen LogP contribution >= 0.6 is 0 Å². The molecule has 6 nitrogen and oxygen atoms in total. The molecule has 6 heteroatoms. The number of unbranched alkanes of at least 4 members (excludes halogenated alkanes) is 3. The van der Waals surface area contributed by atoms with E-state index in [0.717, 1.165) is 25.7 Å². The number of hydrogen-bond donors (Lipinski definition) is 0. The number of rotatable bonds is 7. The molecule has 1 heterocycles. The van der Waals surface area contributed by atoms with Crippen molar-refractivity contribution in [3.05, 3.63) is 15.8 Å². The van der Waals surface area contributed by atoms with Crippen LogP contribution in [0.3, 0.4) is 0 Å². The summed E-state index contributed by atoms with van der Waals surface area (Å²) < 4.78 is 1.44. The lowest BCUT2D eigenvalue weighted by atomic mass is 9.90. The van der Waals surface area contributed by atoms with Gasteiger partial charge < -0.3 is 10.1 Å². The van der Waals surface area contributed by atoms with Gasteiger partial charge in [0.25, 0.3) is 0 Å². The number of nitrogens with zero attached hydrogens (tertiary/aromatic N) is 4. The van der Waals surface area contributed by atoms with Crippen LogP contribution in [-0.2, 0) is 13.0 Å². The predicted molar refractivity (Wildman–Crippen MR) is 74.0 cm³/mol. The van der Waals surface area contributed by atoms with Gasteiger partial charge in [0.2, 0.25) is 0 Å². The molecule has 0 N–H and O–H groups in total. The van der Waals surface area contributed by atoms with Crippen LogP contribution in [0.15, 0.2) is 0 Å². The highest BCUT2D eigenvalue weighted by molar-refractivity contribution is 5.26. The van der Waals surface area contributed by atoms with Crippen LogP contribution in [0.5, 0.6) is 0 Å². The molecule has 0 radical (unpaired) electrons. The highest BCUT2D eigenvalue weighted by atomic mass is 16.6. The highest BCUT2D eigenvalue weighted by Gasteiger charge is 2.27. The second-order valence-electron chi connectivity index (χ2n) is 6.14. The summed E-state index contributed by atoms with van der Waals surface area (Å²) in [5.74, 6) is 0.0615. The number of hydrogen-bond acceptors (Lipinski definition) is 4. The van der Waals surface area contributed by atoms with Crippen molar-refractivity contribution in [2.75, 3.05) is 0 Å². The molecular formula is C13H24N4O2. The van der Waals surface area contributed by atoms with Crippen LogP contribution in [0.2, 0.25) is 0 Å². The van der Waals surface area contributed by atoms with Gasteiger partial charge in [-0.15, -0.1) is 9.78 Å². The van der Waals surface area contributed by atoms with Crippen LogP contribution in [-0.4, -0.2) is 19.9 Å². The van der Waals surface area contributed by atoms with Crippen LogP contribution in [0.25, 0.3) is 0 Å². The average molecular weight is 268 g/mol. The molecule has 0 fully saturated rings. The van der Waals surface area contributed by atoms with Gasteiger partial charge in [-0.2, -0.15) is 0 Å². The van der Waals surface area contributed by atoms with E-state index in [1.165, 1.54) is 4.68 Å². The Kier molecular flexibility index (Phi) is 5.44. The second-order valence-corrected chi connectivity index (χ2v) is 6.14. The third-order valence-electron chi connectivity index (χ3n) is 2.87. The first-order chi connectivity index (χ1) is 8.85. The van der Waals surface area contributed by atoms with E-state index in [-0.39, 0.29) is 16.2 Å². The van der Waals surface area contributed by atoms with E-state index in [0.29, 0.717) is 18.7 Å². The van der Waals surface area contributed by atoms with Crippen LogP contribution in [0, 0.1) is 15.5 Å². The minimum Gasteiger partial charge on any atom is -0.358 e. The van der Waals surface area contributed by atoms with Crippen molar-refractivity contribution in [2.24, 2.45) is 5.41 Å². The van der Waals surface area contributed by atoms with E-state index in [9.17, 15) is 10.1 Å². The maximum atomic E-state index is 11.2. The summed E-state index contributed by atoms with van der Waals surface area (Å²) in [5, 5.41) is 19.1. The average Bonchev–Trinajstić information content (AvgIpc) is 2.65. The molecule has 1 rings (SSSR count). The third-order valence-corrected chi connectivity index (χ3v) is 2.87. The van der Waals surface area contributed by atoms with E-state index in [1.807, 2.05) is 20.8 Å². The topological polar surface area (TPSA) is 73.8 Å². The molecule has 0 unspecified atom stereocenters. The molecule has 19 heavy (non-hydrogen) atoms. The first-order valence-electron chi connectivity index (χ1n) is 6.92. The summed E-state index contributed by atoms with van der Waals surface area (Å²) >= 11 is 0. The maximum absolute atomic E-state index is 11.2. The van der Waals surface area contributed by atoms with Crippen molar-refractivity contribution in [1.82, 2.24) is 15.0 Å².